The summed E-state index contributed by atoms with van der Waals surface area (Å²) >= 11 is 0. The van der Waals surface area contributed by atoms with Gasteiger partial charge in [-0.2, -0.15) is 0 Å². The summed E-state index contributed by atoms with van der Waals surface area (Å²) in [6.45, 7) is 10.00. The topological polar surface area (TPSA) is 69.6 Å². The Morgan fingerprint density at radius 3 is 2.52 bits per heavy atom. The van der Waals surface area contributed by atoms with Crippen LogP contribution in [0.3, 0.4) is 0 Å². The van der Waals surface area contributed by atoms with E-state index in [9.17, 15) is 14.7 Å². The molecule has 0 saturated carbocycles. The molecule has 1 rings (SSSR count). The predicted molar refractivity (Wildman–Crippen MR) is 83.2 cm³/mol. The van der Waals surface area contributed by atoms with Crippen molar-refractivity contribution in [3.8, 4) is 0 Å². The highest BCUT2D eigenvalue weighted by Gasteiger charge is 2.42. The number of nitrogens with zero attached hydrogens (tertiary/aromatic N) is 1. The Labute approximate surface area is 128 Å². The lowest BCUT2D eigenvalue weighted by Gasteiger charge is -2.40. The van der Waals surface area contributed by atoms with Gasteiger partial charge in [0.2, 0.25) is 0 Å². The molecule has 21 heavy (non-hydrogen) atoms. The Hall–Kier alpha value is -1.26. The fraction of sp³-hybridized carbons (Fsp3) is 0.875. The average molecular weight is 298 g/mol. The number of aliphatic carboxylic acids is 1. The number of carboxylic acids is 1. The number of nitrogens with one attached hydrogen (secondary N) is 1. The number of rotatable bonds is 6. The second-order valence-corrected chi connectivity index (χ2v) is 6.77. The molecule has 0 aromatic carbocycles. The minimum absolute atomic E-state index is 0.121. The van der Waals surface area contributed by atoms with Gasteiger partial charge in [-0.15, -0.1) is 0 Å². The van der Waals surface area contributed by atoms with Gasteiger partial charge in [0.25, 0.3) is 0 Å². The van der Waals surface area contributed by atoms with Gasteiger partial charge < -0.3 is 15.3 Å². The van der Waals surface area contributed by atoms with Gasteiger partial charge in [0.1, 0.15) is 0 Å². The van der Waals surface area contributed by atoms with Crippen LogP contribution in [0.15, 0.2) is 0 Å². The zero-order valence-corrected chi connectivity index (χ0v) is 13.8. The first-order valence-electron chi connectivity index (χ1n) is 8.08. The smallest absolute Gasteiger partial charge is 0.317 e. The number of hydrogen-bond donors (Lipinski definition) is 2. The first-order chi connectivity index (χ1) is 9.82. The molecule has 0 bridgehead atoms. The largest absolute Gasteiger partial charge is 0.481 e. The third-order valence-corrected chi connectivity index (χ3v) is 4.76. The number of amides is 2. The summed E-state index contributed by atoms with van der Waals surface area (Å²) in [4.78, 5) is 25.6. The minimum Gasteiger partial charge on any atom is -0.481 e. The average Bonchev–Trinajstić information content (AvgIpc) is 2.44. The third kappa shape index (κ3) is 4.61. The van der Waals surface area contributed by atoms with Crippen LogP contribution in [0.25, 0.3) is 0 Å². The summed E-state index contributed by atoms with van der Waals surface area (Å²) in [6, 6.07) is -0.121. The van der Waals surface area contributed by atoms with Crippen molar-refractivity contribution in [1.29, 1.82) is 0 Å². The van der Waals surface area contributed by atoms with E-state index in [1.54, 1.807) is 4.90 Å². The lowest BCUT2D eigenvalue weighted by Crippen LogP contribution is -2.53. The van der Waals surface area contributed by atoms with E-state index in [4.69, 9.17) is 0 Å². The number of piperidine rings is 1. The number of hydrogen-bond acceptors (Lipinski definition) is 2. The van der Waals surface area contributed by atoms with Crippen molar-refractivity contribution in [2.24, 2.45) is 17.3 Å². The molecule has 0 radical (unpaired) electrons. The molecule has 1 fully saturated rings. The van der Waals surface area contributed by atoms with Gasteiger partial charge in [-0.25, -0.2) is 4.79 Å². The standard InChI is InChI=1S/C16H30N2O3/c1-5-7-16(14(19)20)8-6-9-18(11-16)15(21)17-10-13(4)12(2)3/h12-13H,5-11H2,1-4H3,(H,17,21)(H,19,20). The van der Waals surface area contributed by atoms with Gasteiger partial charge in [0.15, 0.2) is 0 Å². The van der Waals surface area contributed by atoms with Crippen molar-refractivity contribution in [1.82, 2.24) is 10.2 Å². The molecule has 1 aliphatic rings. The van der Waals surface area contributed by atoms with Crippen molar-refractivity contribution >= 4 is 12.0 Å². The minimum atomic E-state index is -0.766. The quantitative estimate of drug-likeness (QED) is 0.792. The van der Waals surface area contributed by atoms with E-state index in [0.29, 0.717) is 44.3 Å². The molecule has 1 saturated heterocycles. The molecule has 5 nitrogen and oxygen atoms in total. The van der Waals surface area contributed by atoms with E-state index in [0.717, 1.165) is 12.8 Å². The molecule has 122 valence electrons. The van der Waals surface area contributed by atoms with Crippen LogP contribution in [0.5, 0.6) is 0 Å². The van der Waals surface area contributed by atoms with Crippen molar-refractivity contribution in [3.63, 3.8) is 0 Å². The first-order valence-corrected chi connectivity index (χ1v) is 8.08. The van der Waals surface area contributed by atoms with Crippen molar-refractivity contribution < 1.29 is 14.7 Å². The van der Waals surface area contributed by atoms with E-state index < -0.39 is 11.4 Å². The highest BCUT2D eigenvalue weighted by Crippen LogP contribution is 2.35. The molecule has 2 unspecified atom stereocenters. The highest BCUT2D eigenvalue weighted by atomic mass is 16.4. The molecule has 0 aromatic heterocycles. The van der Waals surface area contributed by atoms with E-state index in [1.807, 2.05) is 6.92 Å². The fourth-order valence-corrected chi connectivity index (χ4v) is 2.87. The second-order valence-electron chi connectivity index (χ2n) is 6.77. The molecule has 2 N–H and O–H groups in total. The van der Waals surface area contributed by atoms with Crippen LogP contribution in [-0.2, 0) is 4.79 Å². The number of carbonyl (C=O) groups is 2. The number of carboxylic acid groups (broad SMARTS) is 1. The maximum Gasteiger partial charge on any atom is 0.317 e. The predicted octanol–water partition coefficient (Wildman–Crippen LogP) is 2.96. The SMILES string of the molecule is CCCC1(C(=O)O)CCCN(C(=O)NCC(C)C(C)C)C1. The van der Waals surface area contributed by atoms with Crippen LogP contribution >= 0.6 is 0 Å². The Balaban J connectivity index is 2.62. The summed E-state index contributed by atoms with van der Waals surface area (Å²) in [6.07, 6.45) is 2.89. The van der Waals surface area contributed by atoms with Crippen LogP contribution in [0.1, 0.15) is 53.4 Å². The van der Waals surface area contributed by atoms with Gasteiger partial charge in [-0.05, 0) is 31.1 Å². The normalized spacial score (nSPS) is 24.0. The van der Waals surface area contributed by atoms with E-state index >= 15 is 0 Å². The van der Waals surface area contributed by atoms with Gasteiger partial charge in [0.05, 0.1) is 5.41 Å². The first kappa shape index (κ1) is 17.8. The van der Waals surface area contributed by atoms with E-state index in [1.165, 1.54) is 0 Å². The number of likely N-dealkylation sites (tertiary alicyclic amines) is 1. The Bertz CT molecular complexity index is 367. The molecule has 1 heterocycles. The van der Waals surface area contributed by atoms with Crippen LogP contribution in [0, 0.1) is 17.3 Å². The Kier molecular flexibility index (Phi) is 6.49. The molecule has 0 aliphatic carbocycles. The van der Waals surface area contributed by atoms with Crippen molar-refractivity contribution in [2.75, 3.05) is 19.6 Å². The lowest BCUT2D eigenvalue weighted by molar-refractivity contribution is -0.152. The monoisotopic (exact) mass is 298 g/mol. The summed E-state index contributed by atoms with van der Waals surface area (Å²) in [5, 5.41) is 12.5. The third-order valence-electron chi connectivity index (χ3n) is 4.76. The molecule has 5 heteroatoms. The van der Waals surface area contributed by atoms with Crippen LogP contribution in [0.4, 0.5) is 4.79 Å². The summed E-state index contributed by atoms with van der Waals surface area (Å²) < 4.78 is 0. The van der Waals surface area contributed by atoms with Gasteiger partial charge in [0, 0.05) is 19.6 Å². The molecular weight excluding hydrogens is 268 g/mol. The lowest BCUT2D eigenvalue weighted by atomic mass is 9.76. The van der Waals surface area contributed by atoms with Gasteiger partial charge >= 0.3 is 12.0 Å². The maximum absolute atomic E-state index is 12.3. The van der Waals surface area contributed by atoms with Crippen LogP contribution in [0.2, 0.25) is 0 Å². The Morgan fingerprint density at radius 2 is 2.00 bits per heavy atom. The maximum atomic E-state index is 12.3. The Morgan fingerprint density at radius 1 is 1.33 bits per heavy atom. The zero-order valence-electron chi connectivity index (χ0n) is 13.8. The summed E-state index contributed by atoms with van der Waals surface area (Å²) in [5.41, 5.74) is -0.756. The van der Waals surface area contributed by atoms with Crippen LogP contribution in [-0.4, -0.2) is 41.6 Å². The number of urea groups is 1. The van der Waals surface area contributed by atoms with Gasteiger partial charge in [-0.3, -0.25) is 4.79 Å². The molecule has 2 amide bonds. The van der Waals surface area contributed by atoms with E-state index in [2.05, 4.69) is 26.1 Å². The van der Waals surface area contributed by atoms with Crippen molar-refractivity contribution in [2.45, 2.75) is 53.4 Å². The van der Waals surface area contributed by atoms with Crippen molar-refractivity contribution in [3.05, 3.63) is 0 Å². The molecule has 0 spiro atoms. The number of carbonyl (C=O) groups excluding carboxylic acids is 1. The van der Waals surface area contributed by atoms with Crippen LogP contribution < -0.4 is 5.32 Å². The second kappa shape index (κ2) is 7.66. The highest BCUT2D eigenvalue weighted by molar-refractivity contribution is 5.78. The molecular formula is C16H30N2O3. The van der Waals surface area contributed by atoms with E-state index in [-0.39, 0.29) is 6.03 Å². The summed E-state index contributed by atoms with van der Waals surface area (Å²) in [7, 11) is 0. The molecule has 0 aromatic rings. The van der Waals surface area contributed by atoms with Gasteiger partial charge in [-0.1, -0.05) is 34.1 Å². The zero-order chi connectivity index (χ0) is 16.0. The molecule has 2 atom stereocenters. The fourth-order valence-electron chi connectivity index (χ4n) is 2.87. The molecule has 1 aliphatic heterocycles. The summed E-state index contributed by atoms with van der Waals surface area (Å²) in [5.74, 6) is 0.167.